The summed E-state index contributed by atoms with van der Waals surface area (Å²) in [7, 11) is 0. The highest BCUT2D eigenvalue weighted by Crippen LogP contribution is 2.41. The number of quaternary nitrogens is 1. The van der Waals surface area contributed by atoms with Crippen LogP contribution < -0.4 is 5.32 Å². The maximum atomic E-state index is 10.4. The van der Waals surface area contributed by atoms with Crippen LogP contribution in [0.2, 0.25) is 0 Å². The minimum absolute atomic E-state index is 0.143. The van der Waals surface area contributed by atoms with E-state index in [0.29, 0.717) is 6.04 Å². The number of benzene rings is 1. The van der Waals surface area contributed by atoms with E-state index in [-0.39, 0.29) is 11.8 Å². The minimum atomic E-state index is -0.481. The standard InChI is InChI=1S/C16H21NO2/c1-10(16(19)11-5-7-13(18)8-6-11)17-15-9-12-3-2-4-14(12)15/h2,4-8,10,12,14-19H,3,9H2,1H3/p+1/t10-,12-,14+,15-,16+/m1/s1. The lowest BCUT2D eigenvalue weighted by Gasteiger charge is -2.39. The number of aliphatic hydroxyl groups excluding tert-OH is 1. The highest BCUT2D eigenvalue weighted by molar-refractivity contribution is 5.27. The summed E-state index contributed by atoms with van der Waals surface area (Å²) in [6.07, 6.45) is 6.66. The van der Waals surface area contributed by atoms with E-state index in [1.807, 2.05) is 0 Å². The summed E-state index contributed by atoms with van der Waals surface area (Å²) >= 11 is 0. The molecule has 19 heavy (non-hydrogen) atoms. The number of hydrogen-bond donors (Lipinski definition) is 3. The van der Waals surface area contributed by atoms with Gasteiger partial charge in [-0.25, -0.2) is 0 Å². The van der Waals surface area contributed by atoms with E-state index in [0.717, 1.165) is 17.4 Å². The molecule has 102 valence electrons. The monoisotopic (exact) mass is 260 g/mol. The van der Waals surface area contributed by atoms with Crippen molar-refractivity contribution in [1.82, 2.24) is 0 Å². The van der Waals surface area contributed by atoms with Crippen molar-refractivity contribution >= 4 is 0 Å². The lowest BCUT2D eigenvalue weighted by Crippen LogP contribution is -2.98. The SMILES string of the molecule is C[C@@H]([NH2+][C@@H]1C[C@H]2CC=C[C@@H]21)[C@H](O)c1ccc(O)cc1. The van der Waals surface area contributed by atoms with Gasteiger partial charge in [-0.3, -0.25) is 0 Å². The van der Waals surface area contributed by atoms with Gasteiger partial charge in [0, 0.05) is 12.3 Å². The van der Waals surface area contributed by atoms with Crippen LogP contribution >= 0.6 is 0 Å². The molecular weight excluding hydrogens is 238 g/mol. The normalized spacial score (nSPS) is 31.6. The van der Waals surface area contributed by atoms with Crippen LogP contribution in [-0.2, 0) is 0 Å². The third-order valence-corrected chi connectivity index (χ3v) is 4.69. The van der Waals surface area contributed by atoms with Gasteiger partial charge in [-0.15, -0.1) is 0 Å². The van der Waals surface area contributed by atoms with Gasteiger partial charge in [0.05, 0.1) is 6.04 Å². The van der Waals surface area contributed by atoms with Crippen molar-refractivity contribution in [1.29, 1.82) is 0 Å². The van der Waals surface area contributed by atoms with E-state index >= 15 is 0 Å². The molecule has 2 aliphatic carbocycles. The van der Waals surface area contributed by atoms with Crippen molar-refractivity contribution in [2.24, 2.45) is 11.8 Å². The number of nitrogens with two attached hydrogens (primary N) is 1. The Morgan fingerprint density at radius 3 is 2.68 bits per heavy atom. The highest BCUT2D eigenvalue weighted by atomic mass is 16.3. The number of allylic oxidation sites excluding steroid dienone is 1. The predicted molar refractivity (Wildman–Crippen MR) is 73.6 cm³/mol. The fraction of sp³-hybridized carbons (Fsp3) is 0.500. The second-order valence-electron chi connectivity index (χ2n) is 5.99. The molecule has 0 bridgehead atoms. The number of hydrogen-bond acceptors (Lipinski definition) is 2. The molecule has 0 amide bonds. The molecule has 5 atom stereocenters. The lowest BCUT2D eigenvalue weighted by atomic mass is 9.71. The Balaban J connectivity index is 1.59. The summed E-state index contributed by atoms with van der Waals surface area (Å²) in [6.45, 7) is 2.07. The van der Waals surface area contributed by atoms with E-state index in [1.165, 1.54) is 12.8 Å². The number of aromatic hydroxyl groups is 1. The van der Waals surface area contributed by atoms with Gasteiger partial charge >= 0.3 is 0 Å². The number of aliphatic hydroxyl groups is 1. The van der Waals surface area contributed by atoms with Crippen LogP contribution in [0.4, 0.5) is 0 Å². The summed E-state index contributed by atoms with van der Waals surface area (Å²) in [5.74, 6) is 1.82. The van der Waals surface area contributed by atoms with Crippen molar-refractivity contribution in [3.05, 3.63) is 42.0 Å². The molecule has 1 aromatic rings. The molecule has 0 unspecified atom stereocenters. The first kappa shape index (κ1) is 12.7. The Hall–Kier alpha value is -1.32. The number of fused-ring (bicyclic) bond motifs is 1. The Morgan fingerprint density at radius 1 is 1.26 bits per heavy atom. The highest BCUT2D eigenvalue weighted by Gasteiger charge is 2.45. The topological polar surface area (TPSA) is 57.1 Å². The Morgan fingerprint density at radius 2 is 2.00 bits per heavy atom. The Labute approximate surface area is 114 Å². The van der Waals surface area contributed by atoms with Crippen LogP contribution in [0.3, 0.4) is 0 Å². The molecule has 2 aliphatic rings. The first-order chi connectivity index (χ1) is 9.15. The van der Waals surface area contributed by atoms with Crippen molar-refractivity contribution in [3.63, 3.8) is 0 Å². The van der Waals surface area contributed by atoms with Crippen LogP contribution in [0.1, 0.15) is 31.4 Å². The Kier molecular flexibility index (Phi) is 3.33. The van der Waals surface area contributed by atoms with E-state index in [4.69, 9.17) is 0 Å². The van der Waals surface area contributed by atoms with Crippen molar-refractivity contribution in [3.8, 4) is 5.75 Å². The summed E-state index contributed by atoms with van der Waals surface area (Å²) in [6, 6.07) is 7.62. The van der Waals surface area contributed by atoms with Crippen LogP contribution in [0, 0.1) is 11.8 Å². The number of phenols is 1. The number of rotatable bonds is 4. The van der Waals surface area contributed by atoms with Gasteiger partial charge < -0.3 is 15.5 Å². The molecule has 0 spiro atoms. The predicted octanol–water partition coefficient (Wildman–Crippen LogP) is 1.34. The van der Waals surface area contributed by atoms with E-state index in [9.17, 15) is 10.2 Å². The molecule has 3 rings (SSSR count). The molecule has 0 radical (unpaired) electrons. The summed E-state index contributed by atoms with van der Waals surface area (Å²) in [4.78, 5) is 0. The van der Waals surface area contributed by atoms with Crippen molar-refractivity contribution in [2.45, 2.75) is 38.0 Å². The van der Waals surface area contributed by atoms with Gasteiger partial charge in [0.2, 0.25) is 0 Å². The van der Waals surface area contributed by atoms with Gasteiger partial charge in [-0.1, -0.05) is 24.3 Å². The van der Waals surface area contributed by atoms with Crippen molar-refractivity contribution in [2.75, 3.05) is 0 Å². The van der Waals surface area contributed by atoms with Crippen LogP contribution in [0.5, 0.6) is 5.75 Å². The van der Waals surface area contributed by atoms with Crippen LogP contribution in [-0.4, -0.2) is 22.3 Å². The first-order valence-electron chi connectivity index (χ1n) is 7.14. The minimum Gasteiger partial charge on any atom is -0.508 e. The molecule has 0 saturated heterocycles. The zero-order valence-electron chi connectivity index (χ0n) is 11.2. The zero-order valence-corrected chi connectivity index (χ0v) is 11.2. The first-order valence-corrected chi connectivity index (χ1v) is 7.14. The van der Waals surface area contributed by atoms with Gasteiger partial charge in [0.1, 0.15) is 17.9 Å². The summed E-state index contributed by atoms with van der Waals surface area (Å²) < 4.78 is 0. The van der Waals surface area contributed by atoms with Crippen LogP contribution in [0.15, 0.2) is 36.4 Å². The number of phenolic OH excluding ortho intramolecular Hbond substituents is 1. The van der Waals surface area contributed by atoms with Crippen LogP contribution in [0.25, 0.3) is 0 Å². The zero-order chi connectivity index (χ0) is 13.4. The average molecular weight is 260 g/mol. The summed E-state index contributed by atoms with van der Waals surface area (Å²) in [5.41, 5.74) is 0.874. The third-order valence-electron chi connectivity index (χ3n) is 4.69. The molecular formula is C16H22NO2+. The second-order valence-corrected chi connectivity index (χ2v) is 5.99. The van der Waals surface area contributed by atoms with E-state index in [1.54, 1.807) is 24.3 Å². The molecule has 1 fully saturated rings. The quantitative estimate of drug-likeness (QED) is 0.716. The largest absolute Gasteiger partial charge is 0.508 e. The molecule has 4 N–H and O–H groups in total. The second kappa shape index (κ2) is 4.99. The van der Waals surface area contributed by atoms with Crippen molar-refractivity contribution < 1.29 is 15.5 Å². The molecule has 3 nitrogen and oxygen atoms in total. The molecule has 0 aliphatic heterocycles. The third kappa shape index (κ3) is 2.40. The average Bonchev–Trinajstić information content (AvgIpc) is 2.77. The maximum Gasteiger partial charge on any atom is 0.130 e. The molecule has 3 heteroatoms. The van der Waals surface area contributed by atoms with Gasteiger partial charge in [0.15, 0.2) is 0 Å². The van der Waals surface area contributed by atoms with Gasteiger partial charge in [-0.05, 0) is 37.0 Å². The maximum absolute atomic E-state index is 10.4. The molecule has 1 saturated carbocycles. The fourth-order valence-electron chi connectivity index (χ4n) is 3.46. The van der Waals surface area contributed by atoms with E-state index in [2.05, 4.69) is 24.4 Å². The Bertz CT molecular complexity index is 468. The lowest BCUT2D eigenvalue weighted by molar-refractivity contribution is -0.742. The molecule has 1 aromatic carbocycles. The van der Waals surface area contributed by atoms with Gasteiger partial charge in [0.25, 0.3) is 0 Å². The fourth-order valence-corrected chi connectivity index (χ4v) is 3.46. The van der Waals surface area contributed by atoms with E-state index < -0.39 is 6.10 Å². The summed E-state index contributed by atoms with van der Waals surface area (Å²) in [5, 5.41) is 21.9. The molecule has 0 aromatic heterocycles. The smallest absolute Gasteiger partial charge is 0.130 e. The van der Waals surface area contributed by atoms with Gasteiger partial charge in [-0.2, -0.15) is 0 Å². The molecule has 0 heterocycles.